The number of nitrogens with zero attached hydrogens (tertiary/aromatic N) is 1. The second-order valence-electron chi connectivity index (χ2n) is 5.19. The van der Waals surface area contributed by atoms with Gasteiger partial charge < -0.3 is 10.1 Å². The van der Waals surface area contributed by atoms with Gasteiger partial charge in [0.1, 0.15) is 6.61 Å². The Morgan fingerprint density at radius 1 is 1.28 bits per heavy atom. The van der Waals surface area contributed by atoms with Crippen LogP contribution in [0.2, 0.25) is 0 Å². The normalized spacial score (nSPS) is 11.1. The van der Waals surface area contributed by atoms with Crippen LogP contribution in [0.4, 0.5) is 10.5 Å². The van der Waals surface area contributed by atoms with Crippen molar-refractivity contribution in [2.75, 3.05) is 25.1 Å². The lowest BCUT2D eigenvalue weighted by Gasteiger charge is -2.21. The van der Waals surface area contributed by atoms with Crippen molar-refractivity contribution in [2.45, 2.75) is 26.3 Å². The van der Waals surface area contributed by atoms with E-state index in [0.717, 1.165) is 5.69 Å². The number of ether oxygens (including phenoxy) is 1. The fraction of sp³-hybridized carbons (Fsp3) is 0.500. The first-order chi connectivity index (χ1) is 8.40. The van der Waals surface area contributed by atoms with Gasteiger partial charge >= 0.3 is 6.09 Å². The molecular weight excluding hydrogens is 228 g/mol. The zero-order valence-electron chi connectivity index (χ0n) is 11.6. The van der Waals surface area contributed by atoms with E-state index in [9.17, 15) is 4.79 Å². The van der Waals surface area contributed by atoms with Crippen molar-refractivity contribution in [1.29, 1.82) is 0 Å². The molecule has 0 atom stereocenters. The smallest absolute Gasteiger partial charge is 0.414 e. The molecule has 0 spiro atoms. The lowest BCUT2D eigenvalue weighted by atomic mass is 10.1. The molecule has 1 rings (SSSR count). The second kappa shape index (κ2) is 6.40. The van der Waals surface area contributed by atoms with E-state index in [1.54, 1.807) is 7.05 Å². The van der Waals surface area contributed by atoms with E-state index in [0.29, 0.717) is 13.2 Å². The Morgan fingerprint density at radius 2 is 1.89 bits per heavy atom. The number of nitrogens with one attached hydrogen (secondary N) is 1. The van der Waals surface area contributed by atoms with E-state index in [1.807, 2.05) is 30.3 Å². The van der Waals surface area contributed by atoms with Crippen LogP contribution >= 0.6 is 0 Å². The molecule has 0 aromatic heterocycles. The van der Waals surface area contributed by atoms with Gasteiger partial charge in [-0.3, -0.25) is 4.90 Å². The molecule has 4 nitrogen and oxygen atoms in total. The minimum Gasteiger partial charge on any atom is -0.448 e. The van der Waals surface area contributed by atoms with E-state index < -0.39 is 0 Å². The Balaban J connectivity index is 2.33. The van der Waals surface area contributed by atoms with Gasteiger partial charge in [0, 0.05) is 24.8 Å². The molecule has 0 fully saturated rings. The average Bonchev–Trinajstić information content (AvgIpc) is 2.33. The molecule has 1 aromatic carbocycles. The van der Waals surface area contributed by atoms with Crippen LogP contribution in [0, 0.1) is 0 Å². The van der Waals surface area contributed by atoms with Gasteiger partial charge in [-0.05, 0) is 32.9 Å². The third-order valence-electron chi connectivity index (χ3n) is 2.40. The summed E-state index contributed by atoms with van der Waals surface area (Å²) in [6.45, 7) is 7.24. The molecule has 100 valence electrons. The number of carbonyl (C=O) groups is 1. The molecule has 1 aromatic rings. The Hall–Kier alpha value is -1.55. The van der Waals surface area contributed by atoms with E-state index in [2.05, 4.69) is 26.1 Å². The SMILES string of the molecule is CN(C(=O)OCCNC(C)(C)C)c1ccccc1. The molecule has 0 heterocycles. The van der Waals surface area contributed by atoms with Gasteiger partial charge in [-0.2, -0.15) is 0 Å². The molecule has 18 heavy (non-hydrogen) atoms. The maximum absolute atomic E-state index is 11.7. The van der Waals surface area contributed by atoms with Gasteiger partial charge in [0.05, 0.1) is 0 Å². The average molecular weight is 250 g/mol. The summed E-state index contributed by atoms with van der Waals surface area (Å²) in [4.78, 5) is 13.2. The fourth-order valence-electron chi connectivity index (χ4n) is 1.42. The van der Waals surface area contributed by atoms with Crippen LogP contribution in [0.5, 0.6) is 0 Å². The minimum atomic E-state index is -0.336. The zero-order valence-corrected chi connectivity index (χ0v) is 11.6. The zero-order chi connectivity index (χ0) is 13.6. The van der Waals surface area contributed by atoms with Crippen molar-refractivity contribution in [3.8, 4) is 0 Å². The topological polar surface area (TPSA) is 41.6 Å². The van der Waals surface area contributed by atoms with E-state index in [-0.39, 0.29) is 11.6 Å². The van der Waals surface area contributed by atoms with Crippen molar-refractivity contribution in [1.82, 2.24) is 5.32 Å². The molecule has 4 heteroatoms. The van der Waals surface area contributed by atoms with Crippen molar-refractivity contribution < 1.29 is 9.53 Å². The van der Waals surface area contributed by atoms with Gasteiger partial charge in [0.25, 0.3) is 0 Å². The standard InChI is InChI=1S/C14H22N2O2/c1-14(2,3)15-10-11-18-13(17)16(4)12-8-6-5-7-9-12/h5-9,15H,10-11H2,1-4H3. The van der Waals surface area contributed by atoms with Crippen LogP contribution < -0.4 is 10.2 Å². The van der Waals surface area contributed by atoms with Crippen LogP contribution in [0.1, 0.15) is 20.8 Å². The second-order valence-corrected chi connectivity index (χ2v) is 5.19. The molecule has 0 unspecified atom stereocenters. The highest BCUT2D eigenvalue weighted by molar-refractivity contribution is 5.86. The van der Waals surface area contributed by atoms with E-state index in [4.69, 9.17) is 4.74 Å². The maximum atomic E-state index is 11.7. The number of hydrogen-bond donors (Lipinski definition) is 1. The number of benzene rings is 1. The highest BCUT2D eigenvalue weighted by atomic mass is 16.6. The number of para-hydroxylation sites is 1. The number of carbonyl (C=O) groups excluding carboxylic acids is 1. The number of rotatable bonds is 4. The Labute approximate surface area is 109 Å². The maximum Gasteiger partial charge on any atom is 0.414 e. The van der Waals surface area contributed by atoms with Crippen LogP contribution in [0.3, 0.4) is 0 Å². The minimum absolute atomic E-state index is 0.0394. The monoisotopic (exact) mass is 250 g/mol. The van der Waals surface area contributed by atoms with Crippen LogP contribution in [0.25, 0.3) is 0 Å². The summed E-state index contributed by atoms with van der Waals surface area (Å²) in [6.07, 6.45) is -0.336. The predicted octanol–water partition coefficient (Wildman–Crippen LogP) is 2.65. The quantitative estimate of drug-likeness (QED) is 0.835. The Kier molecular flexibility index (Phi) is 5.16. The molecule has 0 aliphatic carbocycles. The van der Waals surface area contributed by atoms with E-state index >= 15 is 0 Å². The van der Waals surface area contributed by atoms with Crippen molar-refractivity contribution >= 4 is 11.8 Å². The van der Waals surface area contributed by atoms with Crippen LogP contribution in [-0.2, 0) is 4.74 Å². The lowest BCUT2D eigenvalue weighted by molar-refractivity contribution is 0.152. The molecule has 0 bridgehead atoms. The summed E-state index contributed by atoms with van der Waals surface area (Å²) >= 11 is 0. The summed E-state index contributed by atoms with van der Waals surface area (Å²) in [5.74, 6) is 0. The van der Waals surface area contributed by atoms with Gasteiger partial charge in [0.2, 0.25) is 0 Å². The summed E-state index contributed by atoms with van der Waals surface area (Å²) in [6, 6.07) is 9.43. The number of amides is 1. The third-order valence-corrected chi connectivity index (χ3v) is 2.40. The molecule has 1 amide bonds. The fourth-order valence-corrected chi connectivity index (χ4v) is 1.42. The van der Waals surface area contributed by atoms with Gasteiger partial charge in [-0.1, -0.05) is 18.2 Å². The summed E-state index contributed by atoms with van der Waals surface area (Å²) in [5, 5.41) is 3.26. The van der Waals surface area contributed by atoms with Crippen LogP contribution in [-0.4, -0.2) is 31.8 Å². The van der Waals surface area contributed by atoms with Crippen LogP contribution in [0.15, 0.2) is 30.3 Å². The largest absolute Gasteiger partial charge is 0.448 e. The first-order valence-electron chi connectivity index (χ1n) is 6.11. The highest BCUT2D eigenvalue weighted by Crippen LogP contribution is 2.11. The van der Waals surface area contributed by atoms with Crippen molar-refractivity contribution in [3.63, 3.8) is 0 Å². The number of anilines is 1. The first-order valence-corrected chi connectivity index (χ1v) is 6.11. The third kappa shape index (κ3) is 5.19. The Bertz CT molecular complexity index is 371. The predicted molar refractivity (Wildman–Crippen MR) is 73.9 cm³/mol. The van der Waals surface area contributed by atoms with Crippen molar-refractivity contribution in [2.24, 2.45) is 0 Å². The molecule has 0 saturated carbocycles. The molecule has 0 radical (unpaired) electrons. The van der Waals surface area contributed by atoms with Gasteiger partial charge in [-0.25, -0.2) is 4.79 Å². The lowest BCUT2D eigenvalue weighted by Crippen LogP contribution is -2.39. The molecule has 0 aliphatic heterocycles. The Morgan fingerprint density at radius 3 is 2.44 bits per heavy atom. The number of hydrogen-bond acceptors (Lipinski definition) is 3. The summed E-state index contributed by atoms with van der Waals surface area (Å²) < 4.78 is 5.18. The summed E-state index contributed by atoms with van der Waals surface area (Å²) in [5.41, 5.74) is 0.865. The summed E-state index contributed by atoms with van der Waals surface area (Å²) in [7, 11) is 1.70. The van der Waals surface area contributed by atoms with Gasteiger partial charge in [0.15, 0.2) is 0 Å². The highest BCUT2D eigenvalue weighted by Gasteiger charge is 2.12. The van der Waals surface area contributed by atoms with E-state index in [1.165, 1.54) is 4.90 Å². The molecule has 0 saturated heterocycles. The molecule has 1 N–H and O–H groups in total. The van der Waals surface area contributed by atoms with Gasteiger partial charge in [-0.15, -0.1) is 0 Å². The molecular formula is C14H22N2O2. The van der Waals surface area contributed by atoms with Crippen molar-refractivity contribution in [3.05, 3.63) is 30.3 Å². The molecule has 0 aliphatic rings. The first kappa shape index (κ1) is 14.5.